The summed E-state index contributed by atoms with van der Waals surface area (Å²) in [5, 5.41) is 5.09. The molecule has 2 aromatic rings. The summed E-state index contributed by atoms with van der Waals surface area (Å²) in [6.45, 7) is 11.0. The molecule has 1 unspecified atom stereocenters. The van der Waals surface area contributed by atoms with E-state index in [1.807, 2.05) is 0 Å². The predicted molar refractivity (Wildman–Crippen MR) is 148 cm³/mol. The van der Waals surface area contributed by atoms with Gasteiger partial charge in [-0.2, -0.15) is 0 Å². The lowest BCUT2D eigenvalue weighted by molar-refractivity contribution is 0.373. The number of nitrogens with two attached hydrogens (primary N) is 1. The van der Waals surface area contributed by atoms with E-state index in [-0.39, 0.29) is 24.8 Å². The lowest BCUT2D eigenvalue weighted by Crippen LogP contribution is -2.23. The summed E-state index contributed by atoms with van der Waals surface area (Å²) in [5.41, 5.74) is 8.65. The number of para-hydroxylation sites is 1. The van der Waals surface area contributed by atoms with Gasteiger partial charge in [0.25, 0.3) is 0 Å². The molecule has 1 atom stereocenters. The molecule has 0 amide bonds. The van der Waals surface area contributed by atoms with Gasteiger partial charge < -0.3 is 15.6 Å². The van der Waals surface area contributed by atoms with Crippen LogP contribution in [0.2, 0.25) is 0 Å². The van der Waals surface area contributed by atoms with Crippen LogP contribution in [0.5, 0.6) is 0 Å². The van der Waals surface area contributed by atoms with Gasteiger partial charge in [0, 0.05) is 23.6 Å². The van der Waals surface area contributed by atoms with Gasteiger partial charge in [-0.15, -0.1) is 24.8 Å². The standard InChI is InChI=1S/C27H47N3.2ClH/c1-4-7-8-9-10-13-21-30-22-26(25-15-11-12-16-27(25)30)24(23(5-2)6-3)17-20-29-19-14-18-28;;/h11-12,15-16,22-24,29H,4-10,13-14,17-21,28H2,1-3H3;2*1H. The molecule has 32 heavy (non-hydrogen) atoms. The van der Waals surface area contributed by atoms with Gasteiger partial charge in [-0.05, 0) is 62.4 Å². The van der Waals surface area contributed by atoms with Crippen LogP contribution in [0, 0.1) is 5.92 Å². The van der Waals surface area contributed by atoms with Crippen molar-refractivity contribution in [2.24, 2.45) is 11.7 Å². The number of halogens is 2. The van der Waals surface area contributed by atoms with E-state index in [0.717, 1.165) is 38.5 Å². The Morgan fingerprint density at radius 1 is 0.875 bits per heavy atom. The first kappa shape index (κ1) is 31.3. The van der Waals surface area contributed by atoms with Crippen molar-refractivity contribution in [2.45, 2.75) is 97.4 Å². The van der Waals surface area contributed by atoms with E-state index in [0.29, 0.717) is 5.92 Å². The van der Waals surface area contributed by atoms with E-state index < -0.39 is 0 Å². The van der Waals surface area contributed by atoms with Crippen molar-refractivity contribution in [3.8, 4) is 0 Å². The lowest BCUT2D eigenvalue weighted by atomic mass is 9.80. The number of benzene rings is 1. The van der Waals surface area contributed by atoms with Crippen LogP contribution in [0.15, 0.2) is 30.5 Å². The Bertz CT molecular complexity index is 697. The Morgan fingerprint density at radius 2 is 1.56 bits per heavy atom. The smallest absolute Gasteiger partial charge is 0.0483 e. The molecular weight excluding hydrogens is 437 g/mol. The van der Waals surface area contributed by atoms with Crippen molar-refractivity contribution in [3.05, 3.63) is 36.0 Å². The van der Waals surface area contributed by atoms with Crippen molar-refractivity contribution < 1.29 is 0 Å². The molecule has 3 N–H and O–H groups in total. The van der Waals surface area contributed by atoms with E-state index >= 15 is 0 Å². The third-order valence-electron chi connectivity index (χ3n) is 6.78. The molecule has 0 aliphatic rings. The summed E-state index contributed by atoms with van der Waals surface area (Å²) in [7, 11) is 0. The van der Waals surface area contributed by atoms with E-state index in [1.54, 1.807) is 5.56 Å². The zero-order chi connectivity index (χ0) is 21.6. The minimum Gasteiger partial charge on any atom is -0.347 e. The maximum Gasteiger partial charge on any atom is 0.0483 e. The van der Waals surface area contributed by atoms with Gasteiger partial charge in [0.05, 0.1) is 0 Å². The van der Waals surface area contributed by atoms with Gasteiger partial charge in [-0.25, -0.2) is 0 Å². The second-order valence-electron chi connectivity index (χ2n) is 8.93. The summed E-state index contributed by atoms with van der Waals surface area (Å²) in [5.74, 6) is 1.37. The lowest BCUT2D eigenvalue weighted by Gasteiger charge is -2.25. The van der Waals surface area contributed by atoms with Gasteiger partial charge in [0.2, 0.25) is 0 Å². The molecule has 0 bridgehead atoms. The van der Waals surface area contributed by atoms with Gasteiger partial charge in [0.15, 0.2) is 0 Å². The third kappa shape index (κ3) is 9.63. The van der Waals surface area contributed by atoms with Crippen LogP contribution in [0.1, 0.15) is 96.5 Å². The van der Waals surface area contributed by atoms with Crippen molar-refractivity contribution in [1.29, 1.82) is 0 Å². The van der Waals surface area contributed by atoms with E-state index in [2.05, 4.69) is 61.1 Å². The summed E-state index contributed by atoms with van der Waals surface area (Å²) < 4.78 is 2.54. The van der Waals surface area contributed by atoms with Crippen LogP contribution in [0.25, 0.3) is 10.9 Å². The zero-order valence-corrected chi connectivity index (χ0v) is 22.4. The van der Waals surface area contributed by atoms with Crippen molar-refractivity contribution in [1.82, 2.24) is 9.88 Å². The van der Waals surface area contributed by atoms with Gasteiger partial charge >= 0.3 is 0 Å². The highest BCUT2D eigenvalue weighted by Gasteiger charge is 2.24. The summed E-state index contributed by atoms with van der Waals surface area (Å²) >= 11 is 0. The van der Waals surface area contributed by atoms with E-state index in [9.17, 15) is 0 Å². The highest BCUT2D eigenvalue weighted by molar-refractivity contribution is 5.86. The number of nitrogens with one attached hydrogen (secondary N) is 1. The SMILES string of the molecule is CCCCCCCCn1cc(C(CCNCCCN)C(CC)CC)c2ccccc21.Cl.Cl. The minimum absolute atomic E-state index is 0. The summed E-state index contributed by atoms with van der Waals surface area (Å²) in [4.78, 5) is 0. The van der Waals surface area contributed by atoms with Crippen LogP contribution < -0.4 is 11.1 Å². The van der Waals surface area contributed by atoms with Crippen molar-refractivity contribution in [2.75, 3.05) is 19.6 Å². The molecule has 2 rings (SSSR count). The Hall–Kier alpha value is -0.740. The average Bonchev–Trinajstić information content (AvgIpc) is 3.14. The van der Waals surface area contributed by atoms with E-state index in [1.165, 1.54) is 68.7 Å². The highest BCUT2D eigenvalue weighted by atomic mass is 35.5. The first-order valence-electron chi connectivity index (χ1n) is 12.7. The van der Waals surface area contributed by atoms with Crippen LogP contribution in [-0.2, 0) is 6.54 Å². The first-order valence-corrected chi connectivity index (χ1v) is 12.7. The topological polar surface area (TPSA) is 43.0 Å². The quantitative estimate of drug-likeness (QED) is 0.225. The minimum atomic E-state index is 0. The molecule has 0 aliphatic carbocycles. The molecule has 5 heteroatoms. The largest absolute Gasteiger partial charge is 0.347 e. The van der Waals surface area contributed by atoms with Gasteiger partial charge in [0.1, 0.15) is 0 Å². The molecule has 1 aromatic carbocycles. The zero-order valence-electron chi connectivity index (χ0n) is 20.8. The highest BCUT2D eigenvalue weighted by Crippen LogP contribution is 2.37. The fourth-order valence-corrected chi connectivity index (χ4v) is 4.93. The molecule has 0 spiro atoms. The number of aromatic nitrogens is 1. The molecule has 186 valence electrons. The Kier molecular flexibility index (Phi) is 18.2. The van der Waals surface area contributed by atoms with Gasteiger partial charge in [-0.1, -0.05) is 83.9 Å². The molecule has 1 heterocycles. The number of hydrogen-bond acceptors (Lipinski definition) is 2. The van der Waals surface area contributed by atoms with Crippen LogP contribution in [0.3, 0.4) is 0 Å². The maximum absolute atomic E-state index is 5.65. The number of nitrogens with zero attached hydrogens (tertiary/aromatic N) is 1. The summed E-state index contributed by atoms with van der Waals surface area (Å²) in [6, 6.07) is 9.08. The predicted octanol–water partition coefficient (Wildman–Crippen LogP) is 7.69. The molecule has 0 saturated carbocycles. The fourth-order valence-electron chi connectivity index (χ4n) is 4.93. The second-order valence-corrected chi connectivity index (χ2v) is 8.93. The molecule has 0 aliphatic heterocycles. The Labute approximate surface area is 210 Å². The number of unbranched alkanes of at least 4 members (excludes halogenated alkanes) is 5. The molecule has 1 aromatic heterocycles. The Balaban J connectivity index is 0.00000480. The van der Waals surface area contributed by atoms with Crippen LogP contribution in [-0.4, -0.2) is 24.2 Å². The monoisotopic (exact) mass is 485 g/mol. The average molecular weight is 487 g/mol. The molecule has 3 nitrogen and oxygen atoms in total. The number of hydrogen-bond donors (Lipinski definition) is 2. The summed E-state index contributed by atoms with van der Waals surface area (Å²) in [6.07, 6.45) is 15.4. The number of fused-ring (bicyclic) bond motifs is 1. The number of aryl methyl sites for hydroxylation is 1. The Morgan fingerprint density at radius 3 is 2.25 bits per heavy atom. The number of rotatable bonds is 17. The first-order chi connectivity index (χ1) is 14.8. The van der Waals surface area contributed by atoms with Crippen LogP contribution in [0.4, 0.5) is 0 Å². The van der Waals surface area contributed by atoms with Crippen LogP contribution >= 0.6 is 24.8 Å². The molecule has 0 fully saturated rings. The van der Waals surface area contributed by atoms with Gasteiger partial charge in [-0.3, -0.25) is 0 Å². The van der Waals surface area contributed by atoms with Crippen molar-refractivity contribution >= 4 is 35.7 Å². The molecule has 0 radical (unpaired) electrons. The third-order valence-corrected chi connectivity index (χ3v) is 6.78. The van der Waals surface area contributed by atoms with E-state index in [4.69, 9.17) is 5.73 Å². The fraction of sp³-hybridized carbons (Fsp3) is 0.704. The maximum atomic E-state index is 5.65. The molecular formula is C27H49Cl2N3. The molecule has 0 saturated heterocycles. The normalized spacial score (nSPS) is 12.0. The second kappa shape index (κ2) is 18.7. The van der Waals surface area contributed by atoms with Crippen molar-refractivity contribution in [3.63, 3.8) is 0 Å².